The Morgan fingerprint density at radius 2 is 1.06 bits per heavy atom. The van der Waals surface area contributed by atoms with Crippen molar-refractivity contribution >= 4 is 56.2 Å². The number of hydrogen-bond acceptors (Lipinski definition) is 4. The highest BCUT2D eigenvalue weighted by Crippen LogP contribution is 2.58. The molecule has 4 nitrogen and oxygen atoms in total. The van der Waals surface area contributed by atoms with Crippen molar-refractivity contribution < 1.29 is 4.42 Å². The number of para-hydroxylation sites is 1. The predicted molar refractivity (Wildman–Crippen MR) is 301 cm³/mol. The molecular weight excluding hydrogens is 863 g/mol. The first-order chi connectivity index (χ1) is 34.0. The Morgan fingerprint density at radius 1 is 0.479 bits per heavy atom. The van der Waals surface area contributed by atoms with Gasteiger partial charge >= 0.3 is 0 Å². The van der Waals surface area contributed by atoms with Gasteiger partial charge in [-0.2, -0.15) is 0 Å². The van der Waals surface area contributed by atoms with Gasteiger partial charge in [-0.15, -0.1) is 0 Å². The van der Waals surface area contributed by atoms with E-state index in [1.807, 2.05) is 6.20 Å². The van der Waals surface area contributed by atoms with Gasteiger partial charge in [0.2, 0.25) is 0 Å². The summed E-state index contributed by atoms with van der Waals surface area (Å²) in [5, 5.41) is 2.14. The SMILES string of the molecule is Cc1cnc(N(c2ccc(C(C)(C)C)cc2)c2cc3c(c4oc5ccccc5c24)-c2ccc(N(c4ccc(C(C)(C)C)cc4)c4cc(C)cc(C)c4-c4ccccc4)cc2C3(C)C)c(-c2ccccc2)c1. The minimum absolute atomic E-state index is 0.0103. The molecule has 0 saturated heterocycles. The van der Waals surface area contributed by atoms with Crippen molar-refractivity contribution in [3.05, 3.63) is 221 Å². The third-order valence-electron chi connectivity index (χ3n) is 14.8. The van der Waals surface area contributed by atoms with Crippen LogP contribution in [-0.4, -0.2) is 4.98 Å². The second-order valence-corrected chi connectivity index (χ2v) is 22.3. The van der Waals surface area contributed by atoms with Crippen LogP contribution in [0.25, 0.3) is 55.3 Å². The first-order valence-electron chi connectivity index (χ1n) is 25.1. The number of benzene rings is 8. The molecule has 0 bridgehead atoms. The second-order valence-electron chi connectivity index (χ2n) is 22.3. The lowest BCUT2D eigenvalue weighted by molar-refractivity contribution is 0.590. The number of nitrogens with zero attached hydrogens (tertiary/aromatic N) is 3. The van der Waals surface area contributed by atoms with Crippen LogP contribution in [0.2, 0.25) is 0 Å². The lowest BCUT2D eigenvalue weighted by Gasteiger charge is -2.31. The second kappa shape index (κ2) is 17.0. The topological polar surface area (TPSA) is 32.5 Å². The Bertz CT molecular complexity index is 3640. The number of hydrogen-bond donors (Lipinski definition) is 0. The first-order valence-corrected chi connectivity index (χ1v) is 25.1. The van der Waals surface area contributed by atoms with Gasteiger partial charge in [-0.1, -0.05) is 171 Å². The van der Waals surface area contributed by atoms with Crippen molar-refractivity contribution in [3.63, 3.8) is 0 Å². The Labute approximate surface area is 420 Å². The third kappa shape index (κ3) is 7.91. The molecule has 0 spiro atoms. The molecule has 0 unspecified atom stereocenters. The molecule has 2 aromatic heterocycles. The molecule has 71 heavy (non-hydrogen) atoms. The molecule has 1 aliphatic carbocycles. The van der Waals surface area contributed by atoms with Gasteiger partial charge in [-0.25, -0.2) is 4.98 Å². The molecule has 0 fully saturated rings. The van der Waals surface area contributed by atoms with Crippen molar-refractivity contribution in [3.8, 4) is 33.4 Å². The fourth-order valence-corrected chi connectivity index (χ4v) is 11.1. The summed E-state index contributed by atoms with van der Waals surface area (Å²) in [6.45, 7) is 25.0. The van der Waals surface area contributed by atoms with Gasteiger partial charge < -0.3 is 9.32 Å². The summed E-state index contributed by atoms with van der Waals surface area (Å²) < 4.78 is 7.19. The molecule has 0 atom stereocenters. The lowest BCUT2D eigenvalue weighted by atomic mass is 9.81. The molecule has 0 aliphatic heterocycles. The molecule has 352 valence electrons. The fraction of sp³-hybridized carbons (Fsp3) is 0.209. The van der Waals surface area contributed by atoms with Crippen LogP contribution in [0.3, 0.4) is 0 Å². The van der Waals surface area contributed by atoms with Gasteiger partial charge in [-0.3, -0.25) is 4.90 Å². The largest absolute Gasteiger partial charge is 0.455 e. The van der Waals surface area contributed by atoms with Crippen molar-refractivity contribution in [2.24, 2.45) is 0 Å². The zero-order chi connectivity index (χ0) is 49.6. The van der Waals surface area contributed by atoms with E-state index in [0.717, 1.165) is 78.4 Å². The molecule has 0 radical (unpaired) electrons. The molecular formula is C67H63N3O. The molecule has 0 saturated carbocycles. The van der Waals surface area contributed by atoms with Gasteiger partial charge in [0.1, 0.15) is 17.0 Å². The summed E-state index contributed by atoms with van der Waals surface area (Å²) in [4.78, 5) is 10.2. The van der Waals surface area contributed by atoms with Crippen molar-refractivity contribution in [1.82, 2.24) is 4.98 Å². The summed E-state index contributed by atoms with van der Waals surface area (Å²) in [5.41, 5.74) is 22.3. The Kier molecular flexibility index (Phi) is 11.0. The van der Waals surface area contributed by atoms with E-state index in [0.29, 0.717) is 0 Å². The minimum atomic E-state index is -0.431. The molecule has 1 aliphatic rings. The Balaban J connectivity index is 1.17. The first kappa shape index (κ1) is 45.7. The predicted octanol–water partition coefficient (Wildman–Crippen LogP) is 19.1. The highest BCUT2D eigenvalue weighted by molar-refractivity contribution is 6.19. The number of aromatic nitrogens is 1. The highest BCUT2D eigenvalue weighted by Gasteiger charge is 2.41. The normalized spacial score (nSPS) is 13.1. The zero-order valence-electron chi connectivity index (χ0n) is 43.1. The van der Waals surface area contributed by atoms with E-state index in [1.54, 1.807) is 0 Å². The Morgan fingerprint density at radius 3 is 1.69 bits per heavy atom. The smallest absolute Gasteiger partial charge is 0.145 e. The minimum Gasteiger partial charge on any atom is -0.455 e. The average molecular weight is 926 g/mol. The summed E-state index contributed by atoms with van der Waals surface area (Å²) in [6, 6.07) is 64.8. The standard InChI is InChI=1S/C67H63N3O/c1-42-36-44(3)60(46-22-16-13-17-23-46)57(38-42)69(49-30-26-47(27-31-49)65(4,5)6)51-34-35-52-55(39-51)67(10,11)56-40-58(62-53-24-18-19-25-59(53)71-63(62)61(52)56)70(50-32-28-48(29-33-50)66(7,8)9)64-54(37-43(2)41-68-64)45-20-14-12-15-21-45/h12-41H,1-11H3. The summed E-state index contributed by atoms with van der Waals surface area (Å²) >= 11 is 0. The average Bonchev–Trinajstić information content (AvgIpc) is 3.84. The number of pyridine rings is 1. The zero-order valence-corrected chi connectivity index (χ0v) is 43.1. The van der Waals surface area contributed by atoms with E-state index in [2.05, 4.69) is 262 Å². The number of aryl methyl sites for hydroxylation is 3. The van der Waals surface area contributed by atoms with Gasteiger partial charge in [0.15, 0.2) is 0 Å². The van der Waals surface area contributed by atoms with Crippen LogP contribution >= 0.6 is 0 Å². The van der Waals surface area contributed by atoms with E-state index in [9.17, 15) is 0 Å². The summed E-state index contributed by atoms with van der Waals surface area (Å²) in [5.74, 6) is 0.864. The van der Waals surface area contributed by atoms with Crippen LogP contribution in [0.15, 0.2) is 187 Å². The van der Waals surface area contributed by atoms with E-state index >= 15 is 0 Å². The van der Waals surface area contributed by atoms with Gasteiger partial charge in [0.05, 0.1) is 16.8 Å². The maximum absolute atomic E-state index is 7.19. The van der Waals surface area contributed by atoms with Crippen molar-refractivity contribution in [2.75, 3.05) is 9.80 Å². The van der Waals surface area contributed by atoms with E-state index in [4.69, 9.17) is 9.40 Å². The molecule has 0 N–H and O–H groups in total. The quantitative estimate of drug-likeness (QED) is 0.152. The summed E-state index contributed by atoms with van der Waals surface area (Å²) in [7, 11) is 0. The number of furan rings is 1. The maximum atomic E-state index is 7.19. The fourth-order valence-electron chi connectivity index (χ4n) is 11.1. The Hall–Kier alpha value is -7.69. The molecule has 4 heteroatoms. The molecule has 10 aromatic rings. The van der Waals surface area contributed by atoms with Gasteiger partial charge in [-0.05, 0) is 148 Å². The molecule has 0 amide bonds. The van der Waals surface area contributed by atoms with Crippen LogP contribution in [0, 0.1) is 20.8 Å². The monoisotopic (exact) mass is 925 g/mol. The van der Waals surface area contributed by atoms with Crippen LogP contribution in [-0.2, 0) is 16.2 Å². The maximum Gasteiger partial charge on any atom is 0.145 e. The number of anilines is 6. The third-order valence-corrected chi connectivity index (χ3v) is 14.8. The molecule has 8 aromatic carbocycles. The highest BCUT2D eigenvalue weighted by atomic mass is 16.3. The number of rotatable bonds is 8. The van der Waals surface area contributed by atoms with E-state index < -0.39 is 5.41 Å². The molecule has 2 heterocycles. The van der Waals surface area contributed by atoms with Crippen LogP contribution in [0.1, 0.15) is 94.3 Å². The van der Waals surface area contributed by atoms with E-state index in [1.165, 1.54) is 50.1 Å². The molecule has 11 rings (SSSR count). The van der Waals surface area contributed by atoms with Crippen LogP contribution in [0.5, 0.6) is 0 Å². The van der Waals surface area contributed by atoms with E-state index in [-0.39, 0.29) is 10.8 Å². The van der Waals surface area contributed by atoms with Gasteiger partial charge in [0.25, 0.3) is 0 Å². The van der Waals surface area contributed by atoms with Crippen LogP contribution < -0.4 is 9.80 Å². The lowest BCUT2D eigenvalue weighted by Crippen LogP contribution is -2.19. The van der Waals surface area contributed by atoms with Crippen LogP contribution in [0.4, 0.5) is 34.3 Å². The van der Waals surface area contributed by atoms with Crippen molar-refractivity contribution in [1.29, 1.82) is 0 Å². The number of fused-ring (bicyclic) bond motifs is 7. The van der Waals surface area contributed by atoms with Gasteiger partial charge in [0, 0.05) is 50.8 Å². The summed E-state index contributed by atoms with van der Waals surface area (Å²) in [6.07, 6.45) is 2.00. The van der Waals surface area contributed by atoms with Crippen molar-refractivity contribution in [2.45, 2.75) is 92.4 Å².